The summed E-state index contributed by atoms with van der Waals surface area (Å²) in [5.41, 5.74) is 6.43. The number of carbonyl (C=O) groups excluding carboxylic acids is 4. The molecule has 1 atom stereocenters. The first-order valence-electron chi connectivity index (χ1n) is 26.4. The summed E-state index contributed by atoms with van der Waals surface area (Å²) in [7, 11) is 14.3. The molecule has 0 spiro atoms. The Bertz CT molecular complexity index is 4630. The van der Waals surface area contributed by atoms with E-state index in [0.717, 1.165) is 60.7 Å². The molecule has 1 radical (unpaired) electrons. The molecule has 32 heteroatoms. The first-order valence-corrected chi connectivity index (χ1v) is 34.0. The number of hydrogen-bond donors (Lipinski definition) is 3. The molecular formula is C64H56BBrCl8N4O16PS. The van der Waals surface area contributed by atoms with Crippen LogP contribution in [-0.4, -0.2) is 99.6 Å². The Labute approximate surface area is 604 Å². The molecule has 20 nitrogen and oxygen atoms in total. The number of pyridine rings is 2. The molecule has 0 saturated heterocycles. The number of alkyl halides is 5. The summed E-state index contributed by atoms with van der Waals surface area (Å²) >= 11 is 45.8. The van der Waals surface area contributed by atoms with Gasteiger partial charge in [0.1, 0.15) is 55.7 Å². The van der Waals surface area contributed by atoms with Gasteiger partial charge in [0.15, 0.2) is 11.2 Å². The number of benzene rings is 7. The fourth-order valence-corrected chi connectivity index (χ4v) is 9.10. The number of carbonyl (C=O) groups is 4. The molecule has 0 saturated carbocycles. The number of phenolic OH excluding ortho intramolecular Hbond substituents is 1. The van der Waals surface area contributed by atoms with Gasteiger partial charge in [-0.05, 0) is 112 Å². The van der Waals surface area contributed by atoms with Crippen molar-refractivity contribution in [2.24, 2.45) is 4.30 Å². The Balaban J connectivity index is 0.000000301. The molecule has 2 N–H and O–H groups in total. The van der Waals surface area contributed by atoms with Gasteiger partial charge < -0.3 is 52.1 Å². The first kappa shape index (κ1) is 82.8. The molecule has 7 aromatic carbocycles. The Kier molecular flexibility index (Phi) is 34.8. The molecule has 4 heterocycles. The van der Waals surface area contributed by atoms with Crippen LogP contribution in [0.2, 0.25) is 5.15 Å². The molecule has 505 valence electrons. The molecule has 11 aromatic rings. The number of nitrogens with one attached hydrogen (secondary N) is 1. The number of halogens is 9. The predicted octanol–water partition coefficient (Wildman–Crippen LogP) is 19.0. The van der Waals surface area contributed by atoms with Crippen LogP contribution in [0.5, 0.6) is 23.0 Å². The number of H-pyrrole nitrogens is 1. The second-order valence-corrected chi connectivity index (χ2v) is 29.6. The summed E-state index contributed by atoms with van der Waals surface area (Å²) in [5, 5.41) is 19.9. The van der Waals surface area contributed by atoms with Gasteiger partial charge in [-0.25, -0.2) is 14.6 Å². The number of nitrogens with zero attached hydrogens (tertiary/aromatic N) is 3. The molecule has 1 unspecified atom stereocenters. The quantitative estimate of drug-likeness (QED) is 0.0230. The topological polar surface area (TPSA) is 278 Å². The van der Waals surface area contributed by atoms with Crippen LogP contribution in [0.1, 0.15) is 49.7 Å². The van der Waals surface area contributed by atoms with Gasteiger partial charge in [0.2, 0.25) is 0 Å². The van der Waals surface area contributed by atoms with Gasteiger partial charge in [-0.15, -0.1) is 0 Å². The molecule has 0 aliphatic carbocycles. The van der Waals surface area contributed by atoms with E-state index < -0.39 is 31.2 Å². The number of rotatable bonds is 9. The predicted molar refractivity (Wildman–Crippen MR) is 389 cm³/mol. The summed E-state index contributed by atoms with van der Waals surface area (Å²) in [4.78, 5) is 64.1. The minimum atomic E-state index is -3.22. The molecule has 11 rings (SSSR count). The number of aromatic amines is 1. The van der Waals surface area contributed by atoms with Gasteiger partial charge in [-0.2, -0.15) is 5.26 Å². The normalized spacial score (nSPS) is 10.6. The van der Waals surface area contributed by atoms with Crippen LogP contribution in [0.25, 0.3) is 65.7 Å². The zero-order valence-corrected chi connectivity index (χ0v) is 59.9. The van der Waals surface area contributed by atoms with E-state index in [1.807, 2.05) is 84.9 Å². The number of furan rings is 2. The van der Waals surface area contributed by atoms with Crippen molar-refractivity contribution in [1.29, 1.82) is 5.26 Å². The molecule has 0 amide bonds. The van der Waals surface area contributed by atoms with Crippen molar-refractivity contribution >= 4 is 223 Å². The van der Waals surface area contributed by atoms with Crippen LogP contribution in [0, 0.1) is 11.3 Å². The van der Waals surface area contributed by atoms with Gasteiger partial charge in [0.05, 0.1) is 89.2 Å². The second-order valence-electron chi connectivity index (χ2n) is 18.1. The third kappa shape index (κ3) is 24.9. The van der Waals surface area contributed by atoms with E-state index in [9.17, 15) is 28.5 Å². The molecule has 96 heavy (non-hydrogen) atoms. The Morgan fingerprint density at radius 2 is 1.10 bits per heavy atom. The van der Waals surface area contributed by atoms with Crippen LogP contribution < -0.4 is 19.8 Å². The van der Waals surface area contributed by atoms with Crippen LogP contribution in [-0.2, 0) is 39.5 Å². The number of aromatic hydroxyl groups is 1. The monoisotopic (exact) mass is 1570 g/mol. The van der Waals surface area contributed by atoms with E-state index in [1.54, 1.807) is 74.9 Å². The summed E-state index contributed by atoms with van der Waals surface area (Å²) < 4.78 is 56.1. The number of ether oxygens (including phenoxy) is 7. The fourth-order valence-electron chi connectivity index (χ4n) is 8.27. The number of esters is 4. The standard InChI is InChI=1S/C16H10ClNO2.C16H11NO3.C11H11BrO4.C11H12O4.C8H7NO2.CCl4.CH4.BHNS.Cl3OP/c1-19-9-6-7-13-12(8-9)14-15(20-13)10-4-2-3-5-11(10)16(17)18-14;1-19-9-6-7-13-12(8-9)14-15(20-13)10-4-2-3-5-11(10)16(18)17-14;1-15-10(13)8-6-4-3-5-7(8)9(12)11(14)16-2;1-14-10(12)7-8-5-3-4-6-9(8)11(13)15-2;1-11-7-2-3-8(10)6(4-7)5-9;2-1(3,4)5;;1-2-3;1-5(2,3)4/h2-8H,1H3;2-8H,1H3,(H,17,18);3-6,9H,1-2H3;3-6H,7H2,1-2H3;2-4,10H,1H3;;1H4;3H;. The Hall–Kier alpha value is -7.43. The van der Waals surface area contributed by atoms with Crippen molar-refractivity contribution in [3.05, 3.63) is 195 Å². The summed E-state index contributed by atoms with van der Waals surface area (Å²) in [6, 6.07) is 46.3. The van der Waals surface area contributed by atoms with E-state index in [1.165, 1.54) is 47.7 Å². The number of nitriles is 1. The van der Waals surface area contributed by atoms with Crippen molar-refractivity contribution < 1.29 is 70.8 Å². The third-order valence-electron chi connectivity index (χ3n) is 12.4. The van der Waals surface area contributed by atoms with Crippen molar-refractivity contribution in [2.75, 3.05) is 49.8 Å². The molecule has 0 fully saturated rings. The maximum atomic E-state index is 12.2. The van der Waals surface area contributed by atoms with Crippen molar-refractivity contribution in [3.8, 4) is 29.1 Å². The number of hydrogen-bond acceptors (Lipinski definition) is 20. The summed E-state index contributed by atoms with van der Waals surface area (Å²) in [6.07, 6.45) is 0.0712. The van der Waals surface area contributed by atoms with Crippen LogP contribution in [0.4, 0.5) is 0 Å². The van der Waals surface area contributed by atoms with E-state index in [0.29, 0.717) is 49.6 Å². The molecule has 0 bridgehead atoms. The van der Waals surface area contributed by atoms with Gasteiger partial charge in [0, 0.05) is 27.6 Å². The molecule has 0 aliphatic rings. The molecule has 4 aromatic heterocycles. The second kappa shape index (κ2) is 40.3. The third-order valence-corrected chi connectivity index (χ3v) is 13.5. The van der Waals surface area contributed by atoms with Crippen LogP contribution in [0.15, 0.2) is 170 Å². The molecule has 0 aliphatic heterocycles. The van der Waals surface area contributed by atoms with Crippen molar-refractivity contribution in [3.63, 3.8) is 0 Å². The SMILES string of the molecule is C.COC(=O)Cc1ccccc1C(=O)OC.COC(=O)c1ccccc1C(Br)C(=O)OC.COc1ccc(O)c(C#N)c1.COc1ccc2oc3c4ccccc4c(=O)[nH]c3c2c1.COc1ccc2oc3c4ccccc4c(Cl)nc3c2c1.ClC(Cl)(Cl)Cl.O=P(Cl)(Cl)Cl.[B]=NS. The van der Waals surface area contributed by atoms with Gasteiger partial charge in [0.25, 0.3) is 8.81 Å². The zero-order chi connectivity index (χ0) is 70.7. The average molecular weight is 1570 g/mol. The Morgan fingerprint density at radius 3 is 1.62 bits per heavy atom. The molecular weight excluding hydrogens is 1520 g/mol. The van der Waals surface area contributed by atoms with Crippen molar-refractivity contribution in [1.82, 2.24) is 9.97 Å². The average Bonchev–Trinajstić information content (AvgIpc) is 1.59. The number of methoxy groups -OCH3 is 7. The fraction of sp³-hybridized carbons (Fsp3) is 0.172. The van der Waals surface area contributed by atoms with E-state index in [4.69, 9.17) is 91.4 Å². The van der Waals surface area contributed by atoms with Crippen molar-refractivity contribution in [2.45, 2.75) is 21.9 Å². The van der Waals surface area contributed by atoms with E-state index in [2.05, 4.69) is 103 Å². The minimum absolute atomic E-state index is 0. The van der Waals surface area contributed by atoms with Crippen LogP contribution >= 0.6 is 126 Å². The van der Waals surface area contributed by atoms with E-state index >= 15 is 0 Å². The summed E-state index contributed by atoms with van der Waals surface area (Å²) in [6.45, 7) is 0. The number of thiol groups is 1. The van der Waals surface area contributed by atoms with Crippen LogP contribution in [0.3, 0.4) is 0 Å². The van der Waals surface area contributed by atoms with E-state index in [-0.39, 0.29) is 36.7 Å². The van der Waals surface area contributed by atoms with Gasteiger partial charge in [-0.1, -0.05) is 160 Å². The van der Waals surface area contributed by atoms with Gasteiger partial charge in [-0.3, -0.25) is 18.9 Å². The summed E-state index contributed by atoms with van der Waals surface area (Å²) in [5.74, 6) is 0.273. The Morgan fingerprint density at radius 1 is 0.667 bits per heavy atom. The number of aromatic nitrogens is 2. The van der Waals surface area contributed by atoms with Gasteiger partial charge >= 0.3 is 53.8 Å². The number of fused-ring (bicyclic) bond motifs is 10. The number of phenols is 1. The first-order chi connectivity index (χ1) is 45.0. The maximum absolute atomic E-state index is 12.2. The zero-order valence-electron chi connectivity index (χ0n) is 50.5.